The van der Waals surface area contributed by atoms with Gasteiger partial charge in [0.15, 0.2) is 0 Å². The van der Waals surface area contributed by atoms with Crippen molar-refractivity contribution in [2.45, 2.75) is 25.3 Å². The molecule has 1 atom stereocenters. The van der Waals surface area contributed by atoms with Gasteiger partial charge < -0.3 is 10.6 Å². The Balaban J connectivity index is 2.03. The Morgan fingerprint density at radius 2 is 2.12 bits per heavy atom. The average molecular weight is 273 g/mol. The molecule has 0 saturated carbocycles. The molecule has 1 heterocycles. The minimum Gasteiger partial charge on any atom is -0.382 e. The standard InChI is InChI=1S/C12H14Cl2N2O/c13-10-4-3-9(6-11(10)14)16-8-2-1-5-15-12(17)7-8/h3-4,6,8,16H,1-2,5,7H2,(H,15,17). The lowest BCUT2D eigenvalue weighted by Gasteiger charge is -2.16. The fraction of sp³-hybridized carbons (Fsp3) is 0.417. The molecule has 1 aromatic rings. The number of nitrogens with one attached hydrogen (secondary N) is 2. The number of amides is 1. The number of hydrogen-bond acceptors (Lipinski definition) is 2. The Hall–Kier alpha value is -0.930. The first-order valence-corrected chi connectivity index (χ1v) is 6.39. The second-order valence-electron chi connectivity index (χ2n) is 4.17. The van der Waals surface area contributed by atoms with E-state index in [1.54, 1.807) is 12.1 Å². The van der Waals surface area contributed by atoms with Crippen LogP contribution in [0.15, 0.2) is 18.2 Å². The van der Waals surface area contributed by atoms with Crippen molar-refractivity contribution < 1.29 is 4.79 Å². The number of hydrogen-bond donors (Lipinski definition) is 2. The van der Waals surface area contributed by atoms with Crippen molar-refractivity contribution >= 4 is 34.8 Å². The second-order valence-corrected chi connectivity index (χ2v) is 4.98. The van der Waals surface area contributed by atoms with Gasteiger partial charge in [-0.05, 0) is 31.0 Å². The number of anilines is 1. The van der Waals surface area contributed by atoms with Crippen molar-refractivity contribution in [1.29, 1.82) is 0 Å². The lowest BCUT2D eigenvalue weighted by molar-refractivity contribution is -0.120. The quantitative estimate of drug-likeness (QED) is 0.869. The molecule has 17 heavy (non-hydrogen) atoms. The largest absolute Gasteiger partial charge is 0.382 e. The van der Waals surface area contributed by atoms with E-state index >= 15 is 0 Å². The van der Waals surface area contributed by atoms with E-state index in [0.29, 0.717) is 16.5 Å². The third-order valence-electron chi connectivity index (χ3n) is 2.77. The summed E-state index contributed by atoms with van der Waals surface area (Å²) in [6.07, 6.45) is 2.46. The zero-order valence-corrected chi connectivity index (χ0v) is 10.8. The SMILES string of the molecule is O=C1CC(Nc2ccc(Cl)c(Cl)c2)CCCN1. The molecule has 2 rings (SSSR count). The van der Waals surface area contributed by atoms with Crippen molar-refractivity contribution in [2.75, 3.05) is 11.9 Å². The number of halogens is 2. The maximum Gasteiger partial charge on any atom is 0.222 e. The van der Waals surface area contributed by atoms with Crippen LogP contribution in [0.4, 0.5) is 5.69 Å². The maximum atomic E-state index is 11.4. The highest BCUT2D eigenvalue weighted by Crippen LogP contribution is 2.26. The molecule has 0 radical (unpaired) electrons. The van der Waals surface area contributed by atoms with Crippen molar-refractivity contribution in [3.8, 4) is 0 Å². The smallest absolute Gasteiger partial charge is 0.222 e. The summed E-state index contributed by atoms with van der Waals surface area (Å²) in [6.45, 7) is 0.762. The Labute approximate surface area is 110 Å². The predicted octanol–water partition coefficient (Wildman–Crippen LogP) is 3.07. The molecule has 5 heteroatoms. The number of rotatable bonds is 2. The molecular formula is C12H14Cl2N2O. The molecule has 1 fully saturated rings. The Morgan fingerprint density at radius 1 is 1.29 bits per heavy atom. The van der Waals surface area contributed by atoms with Crippen LogP contribution in [0.3, 0.4) is 0 Å². The Morgan fingerprint density at radius 3 is 2.88 bits per heavy atom. The second kappa shape index (κ2) is 5.61. The third-order valence-corrected chi connectivity index (χ3v) is 3.51. The van der Waals surface area contributed by atoms with E-state index in [2.05, 4.69) is 10.6 Å². The average Bonchev–Trinajstić information content (AvgIpc) is 2.48. The Bertz CT molecular complexity index is 423. The summed E-state index contributed by atoms with van der Waals surface area (Å²) in [5.41, 5.74) is 0.902. The van der Waals surface area contributed by atoms with Crippen molar-refractivity contribution in [1.82, 2.24) is 5.32 Å². The molecule has 0 spiro atoms. The van der Waals surface area contributed by atoms with Crippen molar-refractivity contribution in [3.63, 3.8) is 0 Å². The molecule has 92 valence electrons. The Kier molecular flexibility index (Phi) is 4.13. The van der Waals surface area contributed by atoms with Gasteiger partial charge in [0.2, 0.25) is 5.91 Å². The van der Waals surface area contributed by atoms with Gasteiger partial charge in [0, 0.05) is 24.7 Å². The maximum absolute atomic E-state index is 11.4. The molecule has 1 aliphatic heterocycles. The van der Waals surface area contributed by atoms with Crippen molar-refractivity contribution in [3.05, 3.63) is 28.2 Å². The summed E-state index contributed by atoms with van der Waals surface area (Å²) in [5.74, 6) is 0.0973. The van der Waals surface area contributed by atoms with E-state index in [0.717, 1.165) is 25.1 Å². The number of carbonyl (C=O) groups is 1. The van der Waals surface area contributed by atoms with Crippen LogP contribution in [0.25, 0.3) is 0 Å². The third kappa shape index (κ3) is 3.51. The topological polar surface area (TPSA) is 41.1 Å². The van der Waals surface area contributed by atoms with Crippen LogP contribution in [-0.2, 0) is 4.79 Å². The molecular weight excluding hydrogens is 259 g/mol. The molecule has 1 saturated heterocycles. The zero-order chi connectivity index (χ0) is 12.3. The van der Waals surface area contributed by atoms with Crippen LogP contribution in [-0.4, -0.2) is 18.5 Å². The van der Waals surface area contributed by atoms with Gasteiger partial charge in [-0.15, -0.1) is 0 Å². The van der Waals surface area contributed by atoms with E-state index in [9.17, 15) is 4.79 Å². The van der Waals surface area contributed by atoms with Crippen LogP contribution in [0.5, 0.6) is 0 Å². The van der Waals surface area contributed by atoms with Gasteiger partial charge in [0.05, 0.1) is 10.0 Å². The van der Waals surface area contributed by atoms with E-state index in [1.165, 1.54) is 0 Å². The van der Waals surface area contributed by atoms with Gasteiger partial charge in [-0.3, -0.25) is 4.79 Å². The van der Waals surface area contributed by atoms with Gasteiger partial charge >= 0.3 is 0 Å². The summed E-state index contributed by atoms with van der Waals surface area (Å²) in [5, 5.41) is 7.23. The molecule has 0 bridgehead atoms. The van der Waals surface area contributed by atoms with E-state index in [-0.39, 0.29) is 11.9 Å². The molecule has 0 aromatic heterocycles. The summed E-state index contributed by atoms with van der Waals surface area (Å²) >= 11 is 11.8. The molecule has 1 unspecified atom stereocenters. The van der Waals surface area contributed by atoms with Crippen LogP contribution < -0.4 is 10.6 Å². The first-order valence-electron chi connectivity index (χ1n) is 5.63. The van der Waals surface area contributed by atoms with E-state index in [1.807, 2.05) is 6.07 Å². The lowest BCUT2D eigenvalue weighted by Crippen LogP contribution is -2.26. The minimum atomic E-state index is 0.0973. The zero-order valence-electron chi connectivity index (χ0n) is 9.30. The lowest BCUT2D eigenvalue weighted by atomic mass is 10.1. The van der Waals surface area contributed by atoms with E-state index in [4.69, 9.17) is 23.2 Å². The molecule has 2 N–H and O–H groups in total. The molecule has 3 nitrogen and oxygen atoms in total. The van der Waals surface area contributed by atoms with Gasteiger partial charge in [-0.25, -0.2) is 0 Å². The minimum absolute atomic E-state index is 0.0973. The van der Waals surface area contributed by atoms with Crippen LogP contribution in [0, 0.1) is 0 Å². The highest BCUT2D eigenvalue weighted by atomic mass is 35.5. The summed E-state index contributed by atoms with van der Waals surface area (Å²) in [4.78, 5) is 11.4. The highest BCUT2D eigenvalue weighted by molar-refractivity contribution is 6.42. The fourth-order valence-corrected chi connectivity index (χ4v) is 2.22. The van der Waals surface area contributed by atoms with Crippen molar-refractivity contribution in [2.24, 2.45) is 0 Å². The fourth-order valence-electron chi connectivity index (χ4n) is 1.92. The predicted molar refractivity (Wildman–Crippen MR) is 70.7 cm³/mol. The normalized spacial score (nSPS) is 20.6. The molecule has 1 aliphatic rings. The first kappa shape index (κ1) is 12.5. The summed E-state index contributed by atoms with van der Waals surface area (Å²) in [7, 11) is 0. The van der Waals surface area contributed by atoms with Gasteiger partial charge in [-0.2, -0.15) is 0 Å². The van der Waals surface area contributed by atoms with E-state index < -0.39 is 0 Å². The van der Waals surface area contributed by atoms with Crippen LogP contribution in [0.2, 0.25) is 10.0 Å². The molecule has 1 aromatic carbocycles. The number of benzene rings is 1. The highest BCUT2D eigenvalue weighted by Gasteiger charge is 2.17. The van der Waals surface area contributed by atoms with Gasteiger partial charge in [0.25, 0.3) is 0 Å². The number of carbonyl (C=O) groups excluding carboxylic acids is 1. The molecule has 0 aliphatic carbocycles. The first-order chi connectivity index (χ1) is 8.15. The van der Waals surface area contributed by atoms with Gasteiger partial charge in [-0.1, -0.05) is 23.2 Å². The monoisotopic (exact) mass is 272 g/mol. The molecule has 1 amide bonds. The summed E-state index contributed by atoms with van der Waals surface area (Å²) < 4.78 is 0. The summed E-state index contributed by atoms with van der Waals surface area (Å²) in [6, 6.07) is 5.57. The van der Waals surface area contributed by atoms with Gasteiger partial charge in [0.1, 0.15) is 0 Å². The van der Waals surface area contributed by atoms with Crippen LogP contribution >= 0.6 is 23.2 Å². The van der Waals surface area contributed by atoms with Crippen LogP contribution in [0.1, 0.15) is 19.3 Å².